The summed E-state index contributed by atoms with van der Waals surface area (Å²) in [5.74, 6) is -2.08. The number of carbonyl (C=O) groups excluding carboxylic acids is 3. The number of nitrogens with one attached hydrogen (secondary N) is 1. The summed E-state index contributed by atoms with van der Waals surface area (Å²) in [5.41, 5.74) is 5.08. The molecule has 2 aromatic heterocycles. The van der Waals surface area contributed by atoms with Gasteiger partial charge in [0.1, 0.15) is 35.8 Å². The van der Waals surface area contributed by atoms with E-state index in [4.69, 9.17) is 33.7 Å². The molecule has 3 aromatic rings. The Morgan fingerprint density at radius 3 is 2.40 bits per heavy atom. The smallest absolute Gasteiger partial charge is 0.459 e. The van der Waals surface area contributed by atoms with Crippen LogP contribution < -0.4 is 15.3 Å². The Kier molecular flexibility index (Phi) is 10.8. The number of hydrogen-bond acceptors (Lipinski definition) is 14. The highest BCUT2D eigenvalue weighted by Gasteiger charge is 2.62. The zero-order valence-electron chi connectivity index (χ0n) is 27.7. The molecule has 17 heteroatoms. The van der Waals surface area contributed by atoms with Crippen LogP contribution in [0.1, 0.15) is 59.7 Å². The molecular formula is C31H39N6O10P. The number of anilines is 1. The summed E-state index contributed by atoms with van der Waals surface area (Å²) < 4.78 is 49.6. The van der Waals surface area contributed by atoms with Crippen LogP contribution in [-0.4, -0.2) is 70.1 Å². The highest BCUT2D eigenvalue weighted by molar-refractivity contribution is 7.52. The molecule has 16 nitrogen and oxygen atoms in total. The van der Waals surface area contributed by atoms with E-state index < -0.39 is 62.2 Å². The average molecular weight is 687 g/mol. The lowest BCUT2D eigenvalue weighted by molar-refractivity contribution is -0.166. The van der Waals surface area contributed by atoms with E-state index in [1.54, 1.807) is 31.2 Å². The van der Waals surface area contributed by atoms with Crippen molar-refractivity contribution in [2.75, 3.05) is 18.9 Å². The van der Waals surface area contributed by atoms with Crippen molar-refractivity contribution in [1.82, 2.24) is 19.7 Å². The predicted molar refractivity (Wildman–Crippen MR) is 169 cm³/mol. The number of nitrogen functional groups attached to an aromatic ring is 1. The minimum atomic E-state index is -4.45. The first-order chi connectivity index (χ1) is 22.5. The molecule has 48 heavy (non-hydrogen) atoms. The van der Waals surface area contributed by atoms with E-state index in [-0.39, 0.29) is 29.3 Å². The third kappa shape index (κ3) is 7.77. The molecule has 0 bridgehead atoms. The van der Waals surface area contributed by atoms with Gasteiger partial charge < -0.3 is 29.2 Å². The Labute approximate surface area is 277 Å². The predicted octanol–water partition coefficient (Wildman–Crippen LogP) is 3.33. The van der Waals surface area contributed by atoms with E-state index in [0.29, 0.717) is 5.52 Å². The van der Waals surface area contributed by atoms with Gasteiger partial charge >= 0.3 is 25.7 Å². The molecular weight excluding hydrogens is 647 g/mol. The molecule has 1 fully saturated rings. The standard InChI is InChI=1S/C31H39N6O10P/c1-8-42-29(40)18(2)36-48(41,47-22-11-9-21(10-12-22)30(5,6)7)43-15-24-26(44-19(3)38)27(45-20(4)39)31(16-32,46-24)25-14-13-23-28(33)34-17-35-37(23)25/h9-14,17-18,24,26-27H,8,15H2,1-7H3,(H,36,41)(H2,33,34,35)/t18-,24+,26+,27+,31-,48?/m0/s1. The number of rotatable bonds is 12. The highest BCUT2D eigenvalue weighted by atomic mass is 31.2. The number of carbonyl (C=O) groups is 3. The van der Waals surface area contributed by atoms with Crippen LogP contribution in [0.3, 0.4) is 0 Å². The van der Waals surface area contributed by atoms with E-state index in [2.05, 4.69) is 21.2 Å². The normalized spacial score (nSPS) is 22.7. The van der Waals surface area contributed by atoms with Crippen molar-refractivity contribution in [3.8, 4) is 11.8 Å². The summed E-state index contributed by atoms with van der Waals surface area (Å²) in [6.07, 6.45) is -3.21. The van der Waals surface area contributed by atoms with Gasteiger partial charge in [-0.15, -0.1) is 0 Å². The number of aromatic nitrogens is 3. The number of nitrogens with zero attached hydrogens (tertiary/aromatic N) is 4. The van der Waals surface area contributed by atoms with Gasteiger partial charge in [0.2, 0.25) is 5.60 Å². The van der Waals surface area contributed by atoms with Crippen LogP contribution in [0.25, 0.3) is 5.52 Å². The molecule has 1 unspecified atom stereocenters. The molecule has 0 spiro atoms. The summed E-state index contributed by atoms with van der Waals surface area (Å²) in [5, 5.41) is 17.4. The second-order valence-electron chi connectivity index (χ2n) is 12.0. The SMILES string of the molecule is CCOC(=O)[C@H](C)NP(=O)(OC[C@H]1O[C@@](C#N)(c2ccc3c(N)ncnn23)[C@H](OC(C)=O)[C@@H]1OC(C)=O)Oc1ccc(C(C)(C)C)cc1. The van der Waals surface area contributed by atoms with E-state index in [9.17, 15) is 24.2 Å². The van der Waals surface area contributed by atoms with Crippen LogP contribution in [0.2, 0.25) is 0 Å². The number of esters is 3. The van der Waals surface area contributed by atoms with Crippen LogP contribution in [0.15, 0.2) is 42.7 Å². The maximum atomic E-state index is 14.3. The van der Waals surface area contributed by atoms with Crippen molar-refractivity contribution in [2.45, 2.75) is 83.8 Å². The first-order valence-electron chi connectivity index (χ1n) is 15.0. The molecule has 6 atom stereocenters. The number of nitrogens with two attached hydrogens (primary N) is 1. The molecule has 0 amide bonds. The van der Waals surface area contributed by atoms with Crippen LogP contribution in [-0.2, 0) is 53.4 Å². The van der Waals surface area contributed by atoms with E-state index in [0.717, 1.165) is 25.7 Å². The molecule has 0 aliphatic carbocycles. The average Bonchev–Trinajstić information content (AvgIpc) is 3.56. The first-order valence-corrected chi connectivity index (χ1v) is 16.6. The van der Waals surface area contributed by atoms with Gasteiger partial charge in [-0.1, -0.05) is 32.9 Å². The minimum absolute atomic E-state index is 0.0733. The van der Waals surface area contributed by atoms with Crippen molar-refractivity contribution < 1.29 is 46.9 Å². The lowest BCUT2D eigenvalue weighted by Crippen LogP contribution is -2.45. The minimum Gasteiger partial charge on any atom is -0.465 e. The molecule has 258 valence electrons. The second-order valence-corrected chi connectivity index (χ2v) is 13.7. The molecule has 1 aliphatic rings. The molecule has 0 saturated carbocycles. The second kappa shape index (κ2) is 14.3. The molecule has 0 radical (unpaired) electrons. The zero-order valence-corrected chi connectivity index (χ0v) is 28.6. The van der Waals surface area contributed by atoms with Crippen LogP contribution in [0.4, 0.5) is 5.82 Å². The van der Waals surface area contributed by atoms with Gasteiger partial charge in [-0.25, -0.2) is 14.1 Å². The number of ether oxygens (including phenoxy) is 4. The van der Waals surface area contributed by atoms with Gasteiger partial charge in [-0.2, -0.15) is 15.4 Å². The fourth-order valence-corrected chi connectivity index (χ4v) is 6.65. The lowest BCUT2D eigenvalue weighted by atomic mass is 9.87. The van der Waals surface area contributed by atoms with Gasteiger partial charge in [0, 0.05) is 13.8 Å². The Morgan fingerprint density at radius 2 is 1.81 bits per heavy atom. The number of fused-ring (bicyclic) bond motifs is 1. The Morgan fingerprint density at radius 1 is 1.15 bits per heavy atom. The topological polar surface area (TPSA) is 216 Å². The van der Waals surface area contributed by atoms with Crippen molar-refractivity contribution in [3.63, 3.8) is 0 Å². The van der Waals surface area contributed by atoms with Crippen LogP contribution in [0.5, 0.6) is 5.75 Å². The molecule has 4 rings (SSSR count). The molecule has 3 N–H and O–H groups in total. The van der Waals surface area contributed by atoms with Gasteiger partial charge in [0.25, 0.3) is 0 Å². The lowest BCUT2D eigenvalue weighted by Gasteiger charge is -2.28. The molecule has 1 aliphatic heterocycles. The number of benzene rings is 1. The Hall–Kier alpha value is -4.55. The summed E-state index contributed by atoms with van der Waals surface area (Å²) >= 11 is 0. The fourth-order valence-electron chi connectivity index (χ4n) is 5.15. The fraction of sp³-hybridized carbons (Fsp3) is 0.484. The van der Waals surface area contributed by atoms with E-state index in [1.165, 1.54) is 23.6 Å². The summed E-state index contributed by atoms with van der Waals surface area (Å²) in [7, 11) is -4.45. The van der Waals surface area contributed by atoms with Gasteiger partial charge in [0.15, 0.2) is 18.0 Å². The number of nitriles is 1. The van der Waals surface area contributed by atoms with Crippen LogP contribution in [0, 0.1) is 11.3 Å². The molecule has 3 heterocycles. The largest absolute Gasteiger partial charge is 0.465 e. The molecule has 1 saturated heterocycles. The first kappa shape index (κ1) is 36.3. The number of hydrogen-bond donors (Lipinski definition) is 2. The van der Waals surface area contributed by atoms with Crippen molar-refractivity contribution in [1.29, 1.82) is 5.26 Å². The van der Waals surface area contributed by atoms with Crippen LogP contribution >= 0.6 is 7.75 Å². The van der Waals surface area contributed by atoms with Gasteiger partial charge in [0.05, 0.1) is 18.9 Å². The summed E-state index contributed by atoms with van der Waals surface area (Å²) in [6, 6.07) is 10.7. The third-order valence-corrected chi connectivity index (χ3v) is 9.02. The van der Waals surface area contributed by atoms with Crippen molar-refractivity contribution in [3.05, 3.63) is 54.0 Å². The van der Waals surface area contributed by atoms with Gasteiger partial charge in [-0.05, 0) is 49.1 Å². The van der Waals surface area contributed by atoms with Gasteiger partial charge in [-0.3, -0.25) is 18.9 Å². The summed E-state index contributed by atoms with van der Waals surface area (Å²) in [4.78, 5) is 41.1. The maximum Gasteiger partial charge on any atom is 0.459 e. The Bertz CT molecular complexity index is 1750. The monoisotopic (exact) mass is 686 g/mol. The highest BCUT2D eigenvalue weighted by Crippen LogP contribution is 2.48. The quantitative estimate of drug-likeness (QED) is 0.159. The Balaban J connectivity index is 1.73. The maximum absolute atomic E-state index is 14.3. The van der Waals surface area contributed by atoms with Crippen molar-refractivity contribution >= 4 is 37.0 Å². The van der Waals surface area contributed by atoms with E-state index in [1.807, 2.05) is 20.8 Å². The molecule has 1 aromatic carbocycles. The van der Waals surface area contributed by atoms with E-state index >= 15 is 0 Å². The zero-order chi connectivity index (χ0) is 35.4. The third-order valence-electron chi connectivity index (χ3n) is 7.37. The van der Waals surface area contributed by atoms with Crippen molar-refractivity contribution in [2.24, 2.45) is 0 Å². The summed E-state index contributed by atoms with van der Waals surface area (Å²) in [6.45, 7) is 10.8.